The number of anilines is 1. The van der Waals surface area contributed by atoms with Crippen LogP contribution in [0.1, 0.15) is 17.5 Å². The van der Waals surface area contributed by atoms with Crippen LogP contribution in [0.15, 0.2) is 36.7 Å². The molecule has 0 bridgehead atoms. The average Bonchev–Trinajstić information content (AvgIpc) is 2.98. The molecule has 0 fully saturated rings. The van der Waals surface area contributed by atoms with Crippen molar-refractivity contribution in [2.45, 2.75) is 26.1 Å². The predicted molar refractivity (Wildman–Crippen MR) is 71.8 cm³/mol. The monoisotopic (exact) mass is 242 g/mol. The third kappa shape index (κ3) is 2.24. The van der Waals surface area contributed by atoms with E-state index in [1.165, 1.54) is 11.1 Å². The van der Waals surface area contributed by atoms with Crippen LogP contribution in [0.4, 0.5) is 5.69 Å². The van der Waals surface area contributed by atoms with Crippen LogP contribution in [-0.4, -0.2) is 21.2 Å². The lowest BCUT2D eigenvalue weighted by Crippen LogP contribution is -2.19. The van der Waals surface area contributed by atoms with Crippen molar-refractivity contribution in [2.24, 2.45) is 0 Å². The molecule has 0 unspecified atom stereocenters. The molecule has 3 rings (SSSR count). The van der Waals surface area contributed by atoms with E-state index in [2.05, 4.69) is 16.1 Å². The Morgan fingerprint density at radius 3 is 2.89 bits per heavy atom. The van der Waals surface area contributed by atoms with Crippen molar-refractivity contribution in [1.29, 1.82) is 0 Å². The zero-order chi connectivity index (χ0) is 12.4. The summed E-state index contributed by atoms with van der Waals surface area (Å²) in [6.45, 7) is 4.09. The summed E-state index contributed by atoms with van der Waals surface area (Å²) < 4.78 is 1.98. The number of nitrogens with zero attached hydrogens (tertiary/aromatic N) is 3. The maximum atomic E-state index is 6.00. The second-order valence-electron chi connectivity index (χ2n) is 4.82. The fraction of sp³-hybridized carbons (Fsp3) is 0.357. The van der Waals surface area contributed by atoms with Gasteiger partial charge < -0.3 is 5.73 Å². The number of aryl methyl sites for hydroxylation is 1. The zero-order valence-electron chi connectivity index (χ0n) is 10.4. The van der Waals surface area contributed by atoms with Crippen LogP contribution in [0.25, 0.3) is 0 Å². The molecule has 0 saturated carbocycles. The highest BCUT2D eigenvalue weighted by atomic mass is 15.3. The largest absolute Gasteiger partial charge is 0.398 e. The van der Waals surface area contributed by atoms with Gasteiger partial charge in [-0.15, -0.1) is 0 Å². The van der Waals surface area contributed by atoms with Crippen LogP contribution in [0.2, 0.25) is 0 Å². The van der Waals surface area contributed by atoms with E-state index in [0.717, 1.165) is 38.3 Å². The first-order valence-corrected chi connectivity index (χ1v) is 6.39. The predicted octanol–water partition coefficient (Wildman–Crippen LogP) is 1.87. The molecule has 0 radical (unpaired) electrons. The van der Waals surface area contributed by atoms with Crippen molar-refractivity contribution >= 4 is 5.69 Å². The smallest absolute Gasteiger partial charge is 0.0489 e. The SMILES string of the molecule is Nc1cccc2c1CN(CCCn1cccn1)C2. The molecule has 1 aliphatic rings. The number of hydrogen-bond acceptors (Lipinski definition) is 3. The first-order valence-electron chi connectivity index (χ1n) is 6.39. The quantitative estimate of drug-likeness (QED) is 0.833. The minimum absolute atomic E-state index is 0.932. The summed E-state index contributed by atoms with van der Waals surface area (Å²) in [5.74, 6) is 0. The van der Waals surface area contributed by atoms with E-state index < -0.39 is 0 Å². The van der Waals surface area contributed by atoms with Crippen LogP contribution in [0.5, 0.6) is 0 Å². The Morgan fingerprint density at radius 1 is 1.17 bits per heavy atom. The number of nitrogens with two attached hydrogens (primary N) is 1. The van der Waals surface area contributed by atoms with E-state index in [1.54, 1.807) is 0 Å². The van der Waals surface area contributed by atoms with Crippen molar-refractivity contribution in [3.63, 3.8) is 0 Å². The van der Waals surface area contributed by atoms with Gasteiger partial charge >= 0.3 is 0 Å². The lowest BCUT2D eigenvalue weighted by Gasteiger charge is -2.14. The molecule has 2 N–H and O–H groups in total. The first kappa shape index (κ1) is 11.3. The van der Waals surface area contributed by atoms with Crippen molar-refractivity contribution < 1.29 is 0 Å². The Kier molecular flexibility index (Phi) is 3.02. The van der Waals surface area contributed by atoms with E-state index >= 15 is 0 Å². The van der Waals surface area contributed by atoms with Gasteiger partial charge in [-0.3, -0.25) is 9.58 Å². The van der Waals surface area contributed by atoms with Gasteiger partial charge in [0, 0.05) is 44.3 Å². The zero-order valence-corrected chi connectivity index (χ0v) is 10.4. The van der Waals surface area contributed by atoms with Crippen LogP contribution in [0.3, 0.4) is 0 Å². The van der Waals surface area contributed by atoms with Crippen LogP contribution in [0, 0.1) is 0 Å². The number of benzene rings is 1. The van der Waals surface area contributed by atoms with Gasteiger partial charge in [-0.2, -0.15) is 5.10 Å². The number of aromatic nitrogens is 2. The maximum Gasteiger partial charge on any atom is 0.0489 e. The normalized spacial score (nSPS) is 14.9. The lowest BCUT2D eigenvalue weighted by molar-refractivity contribution is 0.272. The highest BCUT2D eigenvalue weighted by molar-refractivity contribution is 5.52. The lowest BCUT2D eigenvalue weighted by atomic mass is 10.1. The Balaban J connectivity index is 1.53. The minimum Gasteiger partial charge on any atom is -0.398 e. The third-order valence-electron chi connectivity index (χ3n) is 3.51. The van der Waals surface area contributed by atoms with Gasteiger partial charge in [-0.05, 0) is 29.7 Å². The molecule has 1 aromatic heterocycles. The molecule has 1 aliphatic heterocycles. The van der Waals surface area contributed by atoms with Gasteiger partial charge in [0.2, 0.25) is 0 Å². The summed E-state index contributed by atoms with van der Waals surface area (Å²) in [5.41, 5.74) is 9.63. The molecule has 2 heterocycles. The van der Waals surface area contributed by atoms with Crippen LogP contribution < -0.4 is 5.73 Å². The highest BCUT2D eigenvalue weighted by Crippen LogP contribution is 2.27. The van der Waals surface area contributed by atoms with Gasteiger partial charge in [0.25, 0.3) is 0 Å². The van der Waals surface area contributed by atoms with Crippen LogP contribution in [-0.2, 0) is 19.6 Å². The van der Waals surface area contributed by atoms with E-state index in [-0.39, 0.29) is 0 Å². The van der Waals surface area contributed by atoms with Crippen molar-refractivity contribution in [3.05, 3.63) is 47.8 Å². The summed E-state index contributed by atoms with van der Waals surface area (Å²) in [4.78, 5) is 2.45. The van der Waals surface area contributed by atoms with Crippen molar-refractivity contribution in [3.8, 4) is 0 Å². The summed E-state index contributed by atoms with van der Waals surface area (Å²) in [6.07, 6.45) is 4.96. The molecule has 0 saturated heterocycles. The van der Waals surface area contributed by atoms with E-state index in [9.17, 15) is 0 Å². The maximum absolute atomic E-state index is 6.00. The summed E-state index contributed by atoms with van der Waals surface area (Å²) in [5, 5.41) is 4.21. The number of rotatable bonds is 4. The van der Waals surface area contributed by atoms with Gasteiger partial charge in [0.1, 0.15) is 0 Å². The first-order chi connectivity index (χ1) is 8.83. The Bertz CT molecular complexity index is 519. The van der Waals surface area contributed by atoms with Crippen molar-refractivity contribution in [2.75, 3.05) is 12.3 Å². The Morgan fingerprint density at radius 2 is 2.11 bits per heavy atom. The van der Waals surface area contributed by atoms with E-state index in [0.29, 0.717) is 0 Å². The van der Waals surface area contributed by atoms with Gasteiger partial charge in [-0.25, -0.2) is 0 Å². The molecule has 94 valence electrons. The van der Waals surface area contributed by atoms with Crippen LogP contribution >= 0.6 is 0 Å². The van der Waals surface area contributed by atoms with Crippen molar-refractivity contribution in [1.82, 2.24) is 14.7 Å². The summed E-state index contributed by atoms with van der Waals surface area (Å²) >= 11 is 0. The number of hydrogen-bond donors (Lipinski definition) is 1. The molecule has 0 atom stereocenters. The topological polar surface area (TPSA) is 47.1 Å². The standard InChI is InChI=1S/C14H18N4/c15-14-5-1-4-12-10-17(11-13(12)14)7-3-9-18-8-2-6-16-18/h1-2,4-6,8H,3,7,9-11,15H2. The Hall–Kier alpha value is -1.81. The van der Waals surface area contributed by atoms with E-state index in [4.69, 9.17) is 5.73 Å². The van der Waals surface area contributed by atoms with Gasteiger partial charge in [0.15, 0.2) is 0 Å². The molecule has 18 heavy (non-hydrogen) atoms. The molecule has 2 aromatic rings. The fourth-order valence-electron chi connectivity index (χ4n) is 2.56. The second-order valence-corrected chi connectivity index (χ2v) is 4.82. The van der Waals surface area contributed by atoms with Gasteiger partial charge in [-0.1, -0.05) is 12.1 Å². The molecule has 0 amide bonds. The highest BCUT2D eigenvalue weighted by Gasteiger charge is 2.19. The minimum atomic E-state index is 0.932. The average molecular weight is 242 g/mol. The fourth-order valence-corrected chi connectivity index (χ4v) is 2.56. The summed E-state index contributed by atoms with van der Waals surface area (Å²) in [6, 6.07) is 8.18. The number of nitrogen functional groups attached to an aromatic ring is 1. The van der Waals surface area contributed by atoms with E-state index in [1.807, 2.05) is 35.3 Å². The van der Waals surface area contributed by atoms with Gasteiger partial charge in [0.05, 0.1) is 0 Å². The molecule has 1 aromatic carbocycles. The second kappa shape index (κ2) is 4.82. The molecule has 4 nitrogen and oxygen atoms in total. The molecular formula is C14H18N4. The molecule has 4 heteroatoms. The summed E-state index contributed by atoms with van der Waals surface area (Å²) in [7, 11) is 0. The third-order valence-corrected chi connectivity index (χ3v) is 3.51. The number of fused-ring (bicyclic) bond motifs is 1. The molecule has 0 spiro atoms. The molecule has 0 aliphatic carbocycles. The molecular weight excluding hydrogens is 224 g/mol. The Labute approximate surface area is 107 Å².